The van der Waals surface area contributed by atoms with Crippen molar-refractivity contribution in [2.45, 2.75) is 161 Å². The van der Waals surface area contributed by atoms with Crippen LogP contribution in [0.25, 0.3) is 0 Å². The number of amides is 1. The molecule has 0 aliphatic carbocycles. The molecule has 14 heteroatoms. The van der Waals surface area contributed by atoms with Crippen molar-refractivity contribution < 1.29 is 53.4 Å². The minimum Gasteiger partial charge on any atom is -0.461 e. The molecule has 0 bridgehead atoms. The van der Waals surface area contributed by atoms with E-state index in [0.717, 1.165) is 13.1 Å². The van der Waals surface area contributed by atoms with E-state index in [1.165, 1.54) is 14.0 Å². The summed E-state index contributed by atoms with van der Waals surface area (Å²) >= 11 is 0. The third kappa shape index (κ3) is 10.8. The van der Waals surface area contributed by atoms with Gasteiger partial charge < -0.3 is 54.5 Å². The molecule has 0 radical (unpaired) electrons. The Morgan fingerprint density at radius 3 is 2.24 bits per heavy atom. The van der Waals surface area contributed by atoms with Crippen LogP contribution < -0.4 is 10.6 Å². The summed E-state index contributed by atoms with van der Waals surface area (Å²) < 4.78 is 31.0. The number of hydrogen-bond donors (Lipinski definition) is 5. The van der Waals surface area contributed by atoms with E-state index >= 15 is 0 Å². The van der Waals surface area contributed by atoms with Crippen molar-refractivity contribution in [2.24, 2.45) is 17.8 Å². The molecule has 0 aromatic rings. The molecule has 14 atom stereocenters. The van der Waals surface area contributed by atoms with Crippen LogP contribution in [0.3, 0.4) is 0 Å². The molecule has 2 saturated heterocycles. The summed E-state index contributed by atoms with van der Waals surface area (Å²) in [4.78, 5) is 43.1. The smallest absolute Gasteiger partial charge is 0.312 e. The summed E-state index contributed by atoms with van der Waals surface area (Å²) in [5, 5.41) is 40.0. The zero-order valence-electron chi connectivity index (χ0n) is 32.4. The second-order valence-electron chi connectivity index (χ2n) is 14.8. The highest BCUT2D eigenvalue weighted by atomic mass is 16.7. The fourth-order valence-corrected chi connectivity index (χ4v) is 7.41. The largest absolute Gasteiger partial charge is 0.461 e. The maximum atomic E-state index is 14.0. The normalized spacial score (nSPS) is 41.1. The second kappa shape index (κ2) is 19.2. The highest BCUT2D eigenvalue weighted by Crippen LogP contribution is 2.38. The number of ether oxygens (including phenoxy) is 5. The van der Waals surface area contributed by atoms with Gasteiger partial charge in [0.05, 0.1) is 36.2 Å². The summed E-state index contributed by atoms with van der Waals surface area (Å²) in [5.41, 5.74) is -3.20. The molecule has 292 valence electrons. The first-order valence-corrected chi connectivity index (χ1v) is 18.4. The SMILES string of the molecule is CC[C@H]1OC(=O)[C@H](C)[C@@H](OC(=O)CCN(CC)CC)[C@H](C)[C@@H](O[C@@H]2O[C@H](C)C[C@H](NC)[C@@H]2O)[C@](C)(OC)C[C@@H](C)C(=O)N[C@H](C)[C@@H](O)[C@]1(C)O. The van der Waals surface area contributed by atoms with Gasteiger partial charge in [-0.2, -0.15) is 0 Å². The number of cyclic esters (lactones) is 1. The van der Waals surface area contributed by atoms with Gasteiger partial charge in [-0.3, -0.25) is 14.4 Å². The molecule has 2 fully saturated rings. The fourth-order valence-electron chi connectivity index (χ4n) is 7.41. The standard InChI is InChI=1S/C36H67N3O11/c1-13-26-36(10,45)30(42)24(8)38-32(43)20(4)19-35(9,46-12)31(50-34-28(41)25(37-11)18-21(5)47-34)22(6)29(23(7)33(44)48-26)49-27(40)16-17-39(14-2)15-3/h20-26,28-31,34,37,41-42,45H,13-19H2,1-12H3,(H,38,43)/t20-,21-,22+,23-,24-,25+,26-,28+,29+,30-,31-,34+,35-,36-/m1/s1. The van der Waals surface area contributed by atoms with E-state index in [0.29, 0.717) is 13.0 Å². The minimum absolute atomic E-state index is 0.0686. The number of hydrogen-bond acceptors (Lipinski definition) is 13. The van der Waals surface area contributed by atoms with Gasteiger partial charge in [0.25, 0.3) is 0 Å². The van der Waals surface area contributed by atoms with Gasteiger partial charge >= 0.3 is 11.9 Å². The van der Waals surface area contributed by atoms with Crippen molar-refractivity contribution in [3.05, 3.63) is 0 Å². The Hall–Kier alpha value is -1.91. The van der Waals surface area contributed by atoms with Gasteiger partial charge in [0.1, 0.15) is 30.0 Å². The van der Waals surface area contributed by atoms with Crippen LogP contribution in [0.5, 0.6) is 0 Å². The van der Waals surface area contributed by atoms with Gasteiger partial charge in [0.15, 0.2) is 6.29 Å². The molecule has 0 spiro atoms. The van der Waals surface area contributed by atoms with E-state index in [9.17, 15) is 29.7 Å². The van der Waals surface area contributed by atoms with Gasteiger partial charge in [-0.15, -0.1) is 0 Å². The Morgan fingerprint density at radius 1 is 1.08 bits per heavy atom. The van der Waals surface area contributed by atoms with E-state index in [1.54, 1.807) is 48.6 Å². The average Bonchev–Trinajstić information content (AvgIpc) is 3.08. The Bertz CT molecular complexity index is 1090. The number of nitrogens with one attached hydrogen (secondary N) is 2. The molecule has 2 rings (SSSR count). The van der Waals surface area contributed by atoms with Crippen LogP contribution in [-0.2, 0) is 38.1 Å². The summed E-state index contributed by atoms with van der Waals surface area (Å²) in [6.45, 7) is 19.3. The molecule has 2 aliphatic heterocycles. The van der Waals surface area contributed by atoms with Gasteiger partial charge in [0.2, 0.25) is 5.91 Å². The molecule has 0 aromatic carbocycles. The molecule has 0 saturated carbocycles. The van der Waals surface area contributed by atoms with E-state index < -0.39 is 89.7 Å². The second-order valence-corrected chi connectivity index (χ2v) is 14.8. The molecule has 1 amide bonds. The number of nitrogens with zero attached hydrogens (tertiary/aromatic N) is 1. The maximum Gasteiger partial charge on any atom is 0.312 e. The number of rotatable bonds is 11. The fraction of sp³-hybridized carbons (Fsp3) is 0.917. The third-order valence-corrected chi connectivity index (χ3v) is 10.9. The third-order valence-electron chi connectivity index (χ3n) is 10.9. The molecule has 5 N–H and O–H groups in total. The zero-order valence-corrected chi connectivity index (χ0v) is 32.4. The van der Waals surface area contributed by atoms with Crippen molar-refractivity contribution in [1.29, 1.82) is 0 Å². The lowest BCUT2D eigenvalue weighted by atomic mass is 9.77. The van der Waals surface area contributed by atoms with Crippen LogP contribution in [0.4, 0.5) is 0 Å². The molecule has 0 aromatic heterocycles. The first kappa shape index (κ1) is 44.3. The first-order valence-electron chi connectivity index (χ1n) is 18.4. The highest BCUT2D eigenvalue weighted by molar-refractivity contribution is 5.79. The van der Waals surface area contributed by atoms with E-state index in [2.05, 4.69) is 15.5 Å². The molecule has 2 aliphatic rings. The quantitative estimate of drug-likeness (QED) is 0.195. The predicted octanol–water partition coefficient (Wildman–Crippen LogP) is 1.75. The average molecular weight is 718 g/mol. The predicted molar refractivity (Wildman–Crippen MR) is 187 cm³/mol. The Labute approximate surface area is 299 Å². The summed E-state index contributed by atoms with van der Waals surface area (Å²) in [5.74, 6) is -4.25. The van der Waals surface area contributed by atoms with Crippen molar-refractivity contribution in [2.75, 3.05) is 33.8 Å². The van der Waals surface area contributed by atoms with Gasteiger partial charge in [-0.1, -0.05) is 34.6 Å². The van der Waals surface area contributed by atoms with Crippen molar-refractivity contribution in [3.8, 4) is 0 Å². The number of carbonyl (C=O) groups is 3. The van der Waals surface area contributed by atoms with Crippen LogP contribution >= 0.6 is 0 Å². The van der Waals surface area contributed by atoms with Crippen LogP contribution in [-0.4, -0.2) is 138 Å². The molecule has 14 nitrogen and oxygen atoms in total. The van der Waals surface area contributed by atoms with Crippen LogP contribution in [0.15, 0.2) is 0 Å². The van der Waals surface area contributed by atoms with E-state index in [1.807, 2.05) is 20.8 Å². The van der Waals surface area contributed by atoms with Crippen molar-refractivity contribution >= 4 is 17.8 Å². The lowest BCUT2D eigenvalue weighted by molar-refractivity contribution is -0.296. The topological polar surface area (TPSA) is 185 Å². The van der Waals surface area contributed by atoms with Crippen LogP contribution in [0.2, 0.25) is 0 Å². The number of aliphatic hydroxyl groups excluding tert-OH is 2. The summed E-state index contributed by atoms with van der Waals surface area (Å²) in [6, 6.07) is -1.26. The Balaban J connectivity index is 2.74. The van der Waals surface area contributed by atoms with Gasteiger partial charge in [0, 0.05) is 31.5 Å². The zero-order chi connectivity index (χ0) is 38.1. The van der Waals surface area contributed by atoms with Crippen molar-refractivity contribution in [1.82, 2.24) is 15.5 Å². The highest BCUT2D eigenvalue weighted by Gasteiger charge is 2.51. The summed E-state index contributed by atoms with van der Waals surface area (Å²) in [6.07, 6.45) is -6.41. The van der Waals surface area contributed by atoms with E-state index in [4.69, 9.17) is 23.7 Å². The maximum absolute atomic E-state index is 14.0. The monoisotopic (exact) mass is 717 g/mol. The number of aliphatic hydroxyl groups is 3. The molecule has 0 unspecified atom stereocenters. The number of esters is 2. The number of likely N-dealkylation sites (N-methyl/N-ethyl adjacent to an activating group) is 1. The van der Waals surface area contributed by atoms with Crippen molar-refractivity contribution in [3.63, 3.8) is 0 Å². The lowest BCUT2D eigenvalue weighted by Crippen LogP contribution is -2.60. The van der Waals surface area contributed by atoms with Crippen LogP contribution in [0.1, 0.15) is 94.9 Å². The number of methoxy groups -OCH3 is 1. The van der Waals surface area contributed by atoms with Crippen LogP contribution in [0, 0.1) is 17.8 Å². The minimum atomic E-state index is -1.94. The Morgan fingerprint density at radius 2 is 1.70 bits per heavy atom. The number of carbonyl (C=O) groups excluding carboxylic acids is 3. The molecular weight excluding hydrogens is 650 g/mol. The molecular formula is C36H67N3O11. The van der Waals surface area contributed by atoms with Gasteiger partial charge in [-0.25, -0.2) is 0 Å². The summed E-state index contributed by atoms with van der Waals surface area (Å²) in [7, 11) is 3.23. The Kier molecular flexibility index (Phi) is 17.0. The molecule has 50 heavy (non-hydrogen) atoms. The first-order chi connectivity index (χ1) is 23.3. The van der Waals surface area contributed by atoms with Gasteiger partial charge in [-0.05, 0) is 74.0 Å². The molecule has 2 heterocycles. The lowest BCUT2D eigenvalue weighted by Gasteiger charge is -2.47. The van der Waals surface area contributed by atoms with E-state index in [-0.39, 0.29) is 31.4 Å².